The first kappa shape index (κ1) is 18.2. The Morgan fingerprint density at radius 3 is 2.69 bits per heavy atom. The summed E-state index contributed by atoms with van der Waals surface area (Å²) < 4.78 is 29.2. The molecule has 3 aromatic heterocycles. The maximum Gasteiger partial charge on any atom is 0.164 e. The highest BCUT2D eigenvalue weighted by Gasteiger charge is 2.15. The molecule has 3 N–H and O–H groups in total. The molecule has 0 aliphatic rings. The fourth-order valence-corrected chi connectivity index (χ4v) is 3.00. The minimum Gasteiger partial charge on any atom is -0.382 e. The highest BCUT2D eigenvalue weighted by molar-refractivity contribution is 5.74. The number of hydrogen-bond donors (Lipinski definition) is 2. The molecule has 3 heterocycles. The van der Waals surface area contributed by atoms with Gasteiger partial charge in [-0.2, -0.15) is 5.26 Å². The van der Waals surface area contributed by atoms with Gasteiger partial charge in [-0.05, 0) is 24.3 Å². The number of nitrogens with one attached hydrogen (secondary N) is 1. The van der Waals surface area contributed by atoms with E-state index in [1.54, 1.807) is 22.9 Å². The third-order valence-electron chi connectivity index (χ3n) is 4.22. The van der Waals surface area contributed by atoms with E-state index in [2.05, 4.69) is 25.3 Å². The van der Waals surface area contributed by atoms with E-state index < -0.39 is 11.6 Å². The van der Waals surface area contributed by atoms with E-state index in [-0.39, 0.29) is 17.1 Å². The molecule has 0 aliphatic heterocycles. The van der Waals surface area contributed by atoms with Gasteiger partial charge in [0.1, 0.15) is 52.6 Å². The zero-order chi connectivity index (χ0) is 20.4. The zero-order valence-electron chi connectivity index (χ0n) is 15.0. The molecule has 0 atom stereocenters. The topological polar surface area (TPSA) is 118 Å². The highest BCUT2D eigenvalue weighted by atomic mass is 19.1. The third-order valence-corrected chi connectivity index (χ3v) is 4.22. The lowest BCUT2D eigenvalue weighted by molar-refractivity contribution is 0.581. The van der Waals surface area contributed by atoms with Gasteiger partial charge in [-0.15, -0.1) is 0 Å². The number of nitrogen functional groups attached to an aromatic ring is 1. The van der Waals surface area contributed by atoms with Crippen molar-refractivity contribution in [2.45, 2.75) is 6.42 Å². The van der Waals surface area contributed by atoms with E-state index in [1.165, 1.54) is 18.5 Å². The van der Waals surface area contributed by atoms with Gasteiger partial charge in [-0.1, -0.05) is 0 Å². The van der Waals surface area contributed by atoms with E-state index in [9.17, 15) is 14.0 Å². The minimum absolute atomic E-state index is 0.0803. The lowest BCUT2D eigenvalue weighted by Crippen LogP contribution is -2.13. The summed E-state index contributed by atoms with van der Waals surface area (Å²) in [6.45, 7) is 0.340. The molecule has 1 aromatic carbocycles. The molecule has 0 saturated carbocycles. The molecule has 0 spiro atoms. The average molecular weight is 392 g/mol. The second-order valence-electron chi connectivity index (χ2n) is 6.11. The number of aromatic nitrogens is 5. The Balaban J connectivity index is 1.68. The summed E-state index contributed by atoms with van der Waals surface area (Å²) in [5.41, 5.74) is 7.19. The smallest absolute Gasteiger partial charge is 0.164 e. The number of anilines is 2. The third kappa shape index (κ3) is 3.53. The van der Waals surface area contributed by atoms with Crippen LogP contribution in [0.15, 0.2) is 42.9 Å². The van der Waals surface area contributed by atoms with E-state index in [0.29, 0.717) is 35.8 Å². The van der Waals surface area contributed by atoms with Crippen LogP contribution in [0, 0.1) is 23.0 Å². The fraction of sp³-hybridized carbons (Fsp3) is 0.105. The molecule has 4 rings (SSSR count). The van der Waals surface area contributed by atoms with E-state index in [4.69, 9.17) is 5.73 Å². The van der Waals surface area contributed by atoms with Crippen LogP contribution in [0.4, 0.5) is 20.4 Å². The van der Waals surface area contributed by atoms with Gasteiger partial charge in [0.25, 0.3) is 0 Å². The Hall–Kier alpha value is -4.13. The Morgan fingerprint density at radius 2 is 1.93 bits per heavy atom. The van der Waals surface area contributed by atoms with Gasteiger partial charge in [0, 0.05) is 25.2 Å². The molecule has 0 bridgehead atoms. The summed E-state index contributed by atoms with van der Waals surface area (Å²) in [7, 11) is 0. The van der Waals surface area contributed by atoms with Crippen molar-refractivity contribution >= 4 is 22.8 Å². The average Bonchev–Trinajstić information content (AvgIpc) is 3.05. The van der Waals surface area contributed by atoms with Crippen LogP contribution < -0.4 is 11.1 Å². The number of hydrogen-bond acceptors (Lipinski definition) is 7. The van der Waals surface area contributed by atoms with Crippen LogP contribution >= 0.6 is 0 Å². The zero-order valence-corrected chi connectivity index (χ0v) is 15.0. The largest absolute Gasteiger partial charge is 0.382 e. The maximum atomic E-state index is 13.8. The van der Waals surface area contributed by atoms with Crippen molar-refractivity contribution in [3.63, 3.8) is 0 Å². The number of nitriles is 1. The number of imidazole rings is 1. The second-order valence-corrected chi connectivity index (χ2v) is 6.11. The Kier molecular flexibility index (Phi) is 4.70. The van der Waals surface area contributed by atoms with Crippen molar-refractivity contribution in [2.75, 3.05) is 17.6 Å². The van der Waals surface area contributed by atoms with Crippen molar-refractivity contribution in [2.24, 2.45) is 0 Å². The molecule has 0 radical (unpaired) electrons. The number of fused-ring (bicyclic) bond motifs is 1. The Bertz CT molecular complexity index is 1220. The first-order valence-electron chi connectivity index (χ1n) is 8.60. The molecule has 0 fully saturated rings. The number of nitrogens with two attached hydrogens (primary N) is 1. The molecule has 4 aromatic rings. The standard InChI is InChI=1S/C19H14F2N8/c20-11-6-12(21)8-13(7-11)29-16(28-15-2-1-4-25-19(15)29)3-5-24-18-14(9-22)17(23)26-10-27-18/h1-2,4,6-8,10H,3,5H2,(H3,23,24,26,27). The number of nitrogens with zero attached hydrogens (tertiary/aromatic N) is 6. The Labute approximate surface area is 163 Å². The van der Waals surface area contributed by atoms with E-state index >= 15 is 0 Å². The predicted molar refractivity (Wildman–Crippen MR) is 102 cm³/mol. The second kappa shape index (κ2) is 7.47. The van der Waals surface area contributed by atoms with Crippen LogP contribution in [0.5, 0.6) is 0 Å². The van der Waals surface area contributed by atoms with E-state index in [0.717, 1.165) is 6.07 Å². The number of rotatable bonds is 5. The lowest BCUT2D eigenvalue weighted by atomic mass is 10.2. The van der Waals surface area contributed by atoms with Crippen molar-refractivity contribution in [1.29, 1.82) is 5.26 Å². The summed E-state index contributed by atoms with van der Waals surface area (Å²) in [4.78, 5) is 16.6. The molecule has 0 unspecified atom stereocenters. The summed E-state index contributed by atoms with van der Waals surface area (Å²) >= 11 is 0. The van der Waals surface area contributed by atoms with Gasteiger partial charge in [-0.25, -0.2) is 28.7 Å². The fourth-order valence-electron chi connectivity index (χ4n) is 3.00. The van der Waals surface area contributed by atoms with Crippen LogP contribution in [0.3, 0.4) is 0 Å². The molecule has 8 nitrogen and oxygen atoms in total. The summed E-state index contributed by atoms with van der Waals surface area (Å²) in [5.74, 6) is -0.472. The van der Waals surface area contributed by atoms with Crippen LogP contribution in [-0.2, 0) is 6.42 Å². The predicted octanol–water partition coefficient (Wildman–Crippen LogP) is 2.60. The van der Waals surface area contributed by atoms with Crippen LogP contribution in [0.2, 0.25) is 0 Å². The molecule has 0 saturated heterocycles. The molecule has 0 amide bonds. The van der Waals surface area contributed by atoms with Gasteiger partial charge in [0.2, 0.25) is 0 Å². The molecular formula is C19H14F2N8. The van der Waals surface area contributed by atoms with Gasteiger partial charge < -0.3 is 11.1 Å². The number of pyridine rings is 1. The lowest BCUT2D eigenvalue weighted by Gasteiger charge is -2.11. The normalized spacial score (nSPS) is 10.8. The van der Waals surface area contributed by atoms with Crippen molar-refractivity contribution in [3.05, 3.63) is 65.9 Å². The van der Waals surface area contributed by atoms with Crippen molar-refractivity contribution < 1.29 is 8.78 Å². The quantitative estimate of drug-likeness (QED) is 0.536. The summed E-state index contributed by atoms with van der Waals surface area (Å²) in [6.07, 6.45) is 3.21. The minimum atomic E-state index is -0.697. The SMILES string of the molecule is N#Cc1c(N)ncnc1NCCc1nc2cccnc2n1-c1cc(F)cc(F)c1. The molecule has 144 valence electrons. The molecule has 0 aliphatic carbocycles. The number of benzene rings is 1. The highest BCUT2D eigenvalue weighted by Crippen LogP contribution is 2.22. The van der Waals surface area contributed by atoms with Gasteiger partial charge in [0.15, 0.2) is 5.65 Å². The monoisotopic (exact) mass is 392 g/mol. The first-order valence-corrected chi connectivity index (χ1v) is 8.60. The summed E-state index contributed by atoms with van der Waals surface area (Å²) in [5, 5.41) is 12.2. The van der Waals surface area contributed by atoms with Crippen LogP contribution in [0.1, 0.15) is 11.4 Å². The van der Waals surface area contributed by atoms with E-state index in [1.807, 2.05) is 6.07 Å². The van der Waals surface area contributed by atoms with Crippen LogP contribution in [-0.4, -0.2) is 31.0 Å². The van der Waals surface area contributed by atoms with Crippen molar-refractivity contribution in [1.82, 2.24) is 24.5 Å². The Morgan fingerprint density at radius 1 is 1.14 bits per heavy atom. The van der Waals surface area contributed by atoms with Crippen molar-refractivity contribution in [3.8, 4) is 11.8 Å². The van der Waals surface area contributed by atoms with Gasteiger partial charge in [0.05, 0.1) is 5.69 Å². The first-order chi connectivity index (χ1) is 14.1. The van der Waals surface area contributed by atoms with Gasteiger partial charge in [-0.3, -0.25) is 4.57 Å². The van der Waals surface area contributed by atoms with Crippen LogP contribution in [0.25, 0.3) is 16.9 Å². The van der Waals surface area contributed by atoms with Gasteiger partial charge >= 0.3 is 0 Å². The summed E-state index contributed by atoms with van der Waals surface area (Å²) in [6, 6.07) is 8.70. The molecule has 29 heavy (non-hydrogen) atoms. The molecule has 10 heteroatoms. The number of halogens is 2. The maximum absolute atomic E-state index is 13.8. The molecular weight excluding hydrogens is 378 g/mol.